The lowest BCUT2D eigenvalue weighted by Gasteiger charge is -2.44. The molecular weight excluding hydrogens is 502 g/mol. The molecule has 10 nitrogen and oxygen atoms in total. The molecule has 38 heavy (non-hydrogen) atoms. The molecule has 2 aromatic heterocycles. The fourth-order valence-corrected chi connectivity index (χ4v) is 5.41. The van der Waals surface area contributed by atoms with Gasteiger partial charge in [-0.3, -0.25) is 4.90 Å². The van der Waals surface area contributed by atoms with E-state index in [0.717, 1.165) is 48.8 Å². The first-order valence-corrected chi connectivity index (χ1v) is 13.4. The topological polar surface area (TPSA) is 109 Å². The van der Waals surface area contributed by atoms with Gasteiger partial charge in [-0.05, 0) is 52.9 Å². The molecule has 11 heteroatoms. The lowest BCUT2D eigenvalue weighted by molar-refractivity contribution is -0.00525. The van der Waals surface area contributed by atoms with Crippen LogP contribution in [0.2, 0.25) is 5.15 Å². The number of ether oxygens (including phenoxy) is 1. The molecule has 5 rings (SSSR count). The number of nitrogen functional groups attached to an aromatic ring is 1. The van der Waals surface area contributed by atoms with E-state index in [0.29, 0.717) is 29.4 Å². The number of benzene rings is 1. The first-order valence-electron chi connectivity index (χ1n) is 13.1. The van der Waals surface area contributed by atoms with Crippen molar-refractivity contribution in [2.75, 3.05) is 54.1 Å². The molecule has 2 aliphatic heterocycles. The Hall–Kier alpha value is -3.21. The van der Waals surface area contributed by atoms with Gasteiger partial charge in [0.25, 0.3) is 0 Å². The largest absolute Gasteiger partial charge is 0.393 e. The molecule has 202 valence electrons. The second-order valence-electron chi connectivity index (χ2n) is 10.5. The average Bonchev–Trinajstić information content (AvgIpc) is 2.89. The summed E-state index contributed by atoms with van der Waals surface area (Å²) in [4.78, 5) is 24.8. The van der Waals surface area contributed by atoms with E-state index in [1.54, 1.807) is 0 Å². The molecule has 0 aliphatic carbocycles. The Kier molecular flexibility index (Phi) is 7.56. The van der Waals surface area contributed by atoms with Crippen LogP contribution in [-0.2, 0) is 4.74 Å². The molecule has 4 atom stereocenters. The zero-order valence-corrected chi connectivity index (χ0v) is 23.4. The molecule has 3 aromatic rings. The number of nitrogens with zero attached hydrogens (tertiary/aromatic N) is 7. The van der Waals surface area contributed by atoms with Crippen molar-refractivity contribution in [1.82, 2.24) is 24.8 Å². The van der Waals surface area contributed by atoms with Crippen molar-refractivity contribution < 1.29 is 4.74 Å². The van der Waals surface area contributed by atoms with Gasteiger partial charge in [0.2, 0.25) is 0 Å². The standard InChI is InChI=1S/C27H36ClN9O/c1-16-11-37(12-17(2)35(16)5)23-7-6-20(8-22(23)34-27-24(29)25(28)32-15-33-27)26-30-9-21(10-31-26)36-13-18(3)38-19(4)14-36/h6-10,15-19H,11-14,29H2,1-5H3,(H,32,33,34)/t16-,17+,18-,19+. The summed E-state index contributed by atoms with van der Waals surface area (Å²) in [6.45, 7) is 12.1. The van der Waals surface area contributed by atoms with E-state index >= 15 is 0 Å². The van der Waals surface area contributed by atoms with Crippen LogP contribution in [0.5, 0.6) is 0 Å². The maximum Gasteiger partial charge on any atom is 0.159 e. The monoisotopic (exact) mass is 537 g/mol. The molecule has 0 unspecified atom stereocenters. The number of nitrogens with two attached hydrogens (primary N) is 1. The SMILES string of the molecule is C[C@@H]1CN(c2cnc(-c3ccc(N4C[C@@H](C)N(C)[C@@H](C)C4)c(Nc4ncnc(Cl)c4N)c3)nc2)C[C@H](C)O1. The van der Waals surface area contributed by atoms with Crippen LogP contribution < -0.4 is 20.9 Å². The highest BCUT2D eigenvalue weighted by molar-refractivity contribution is 6.32. The highest BCUT2D eigenvalue weighted by Crippen LogP contribution is 2.36. The lowest BCUT2D eigenvalue weighted by atomic mass is 10.1. The predicted molar refractivity (Wildman–Crippen MR) is 153 cm³/mol. The number of hydrogen-bond acceptors (Lipinski definition) is 10. The summed E-state index contributed by atoms with van der Waals surface area (Å²) in [5.74, 6) is 1.11. The molecule has 2 aliphatic rings. The number of halogens is 1. The summed E-state index contributed by atoms with van der Waals surface area (Å²) in [6.07, 6.45) is 5.52. The molecule has 4 heterocycles. The maximum absolute atomic E-state index is 6.20. The van der Waals surface area contributed by atoms with Gasteiger partial charge in [0.15, 0.2) is 16.8 Å². The van der Waals surface area contributed by atoms with Crippen molar-refractivity contribution in [3.63, 3.8) is 0 Å². The molecular formula is C27H36ClN9O. The molecule has 2 saturated heterocycles. The van der Waals surface area contributed by atoms with Crippen molar-refractivity contribution in [2.24, 2.45) is 0 Å². The normalized spacial score (nSPS) is 24.5. The van der Waals surface area contributed by atoms with Crippen LogP contribution >= 0.6 is 11.6 Å². The predicted octanol–water partition coefficient (Wildman–Crippen LogP) is 4.06. The first-order chi connectivity index (χ1) is 18.2. The van der Waals surface area contributed by atoms with Gasteiger partial charge < -0.3 is 25.6 Å². The summed E-state index contributed by atoms with van der Waals surface area (Å²) in [7, 11) is 2.18. The Labute approximate surface area is 229 Å². The van der Waals surface area contributed by atoms with Crippen LogP contribution in [0.1, 0.15) is 27.7 Å². The van der Waals surface area contributed by atoms with Gasteiger partial charge >= 0.3 is 0 Å². The van der Waals surface area contributed by atoms with Crippen LogP contribution in [0, 0.1) is 0 Å². The second-order valence-corrected chi connectivity index (χ2v) is 10.8. The second kappa shape index (κ2) is 10.9. The molecule has 3 N–H and O–H groups in total. The number of aromatic nitrogens is 4. The number of likely N-dealkylation sites (N-methyl/N-ethyl adjacent to an activating group) is 1. The van der Waals surface area contributed by atoms with Gasteiger partial charge in [0, 0.05) is 43.8 Å². The van der Waals surface area contributed by atoms with Crippen molar-refractivity contribution in [2.45, 2.75) is 52.0 Å². The van der Waals surface area contributed by atoms with Gasteiger partial charge in [-0.2, -0.15) is 0 Å². The minimum Gasteiger partial charge on any atom is -0.393 e. The number of hydrogen-bond donors (Lipinski definition) is 2. The summed E-state index contributed by atoms with van der Waals surface area (Å²) in [6, 6.07) is 7.05. The average molecular weight is 538 g/mol. The third-order valence-corrected chi connectivity index (χ3v) is 7.77. The van der Waals surface area contributed by atoms with E-state index in [2.05, 4.69) is 76.9 Å². The molecule has 2 fully saturated rings. The van der Waals surface area contributed by atoms with Crippen molar-refractivity contribution >= 4 is 40.2 Å². The van der Waals surface area contributed by atoms with Gasteiger partial charge in [-0.15, -0.1) is 0 Å². The summed E-state index contributed by atoms with van der Waals surface area (Å²) >= 11 is 6.18. The fraction of sp³-hybridized carbons (Fsp3) is 0.481. The van der Waals surface area contributed by atoms with E-state index in [1.807, 2.05) is 18.5 Å². The van der Waals surface area contributed by atoms with E-state index in [-0.39, 0.29) is 17.4 Å². The molecule has 0 amide bonds. The highest BCUT2D eigenvalue weighted by atomic mass is 35.5. The van der Waals surface area contributed by atoms with E-state index in [9.17, 15) is 0 Å². The van der Waals surface area contributed by atoms with Gasteiger partial charge in [0.1, 0.15) is 12.0 Å². The Morgan fingerprint density at radius 3 is 2.24 bits per heavy atom. The summed E-state index contributed by atoms with van der Waals surface area (Å²) in [5, 5.41) is 3.62. The summed E-state index contributed by atoms with van der Waals surface area (Å²) < 4.78 is 5.87. The molecule has 0 saturated carbocycles. The van der Waals surface area contributed by atoms with Gasteiger partial charge in [0.05, 0.1) is 41.7 Å². The van der Waals surface area contributed by atoms with Crippen LogP contribution in [0.3, 0.4) is 0 Å². The van der Waals surface area contributed by atoms with Crippen LogP contribution in [-0.4, -0.2) is 82.4 Å². The third-order valence-electron chi connectivity index (χ3n) is 7.47. The van der Waals surface area contributed by atoms with Gasteiger partial charge in [-0.25, -0.2) is 19.9 Å². The Morgan fingerprint density at radius 1 is 0.921 bits per heavy atom. The van der Waals surface area contributed by atoms with Crippen molar-refractivity contribution in [3.05, 3.63) is 42.1 Å². The van der Waals surface area contributed by atoms with Crippen molar-refractivity contribution in [3.8, 4) is 11.4 Å². The number of morpholine rings is 1. The minimum atomic E-state index is 0.169. The number of anilines is 5. The Balaban J connectivity index is 1.47. The zero-order valence-electron chi connectivity index (χ0n) is 22.6. The number of piperazine rings is 1. The minimum absolute atomic E-state index is 0.169. The van der Waals surface area contributed by atoms with Crippen LogP contribution in [0.25, 0.3) is 11.4 Å². The van der Waals surface area contributed by atoms with Crippen LogP contribution in [0.15, 0.2) is 36.9 Å². The Bertz CT molecular complexity index is 1250. The van der Waals surface area contributed by atoms with E-state index in [1.165, 1.54) is 6.33 Å². The fourth-order valence-electron chi connectivity index (χ4n) is 5.28. The molecule has 0 radical (unpaired) electrons. The molecule has 0 bridgehead atoms. The third kappa shape index (κ3) is 5.48. The highest BCUT2D eigenvalue weighted by Gasteiger charge is 2.28. The summed E-state index contributed by atoms with van der Waals surface area (Å²) in [5.41, 5.74) is 10.3. The number of rotatable bonds is 5. The van der Waals surface area contributed by atoms with E-state index < -0.39 is 0 Å². The molecule has 0 spiro atoms. The molecule has 1 aromatic carbocycles. The van der Waals surface area contributed by atoms with Crippen LogP contribution in [0.4, 0.5) is 28.6 Å². The Morgan fingerprint density at radius 2 is 1.58 bits per heavy atom. The van der Waals surface area contributed by atoms with Gasteiger partial charge in [-0.1, -0.05) is 11.6 Å². The van der Waals surface area contributed by atoms with Crippen molar-refractivity contribution in [1.29, 1.82) is 0 Å². The first kappa shape index (κ1) is 26.4. The zero-order chi connectivity index (χ0) is 27.0. The smallest absolute Gasteiger partial charge is 0.159 e. The maximum atomic E-state index is 6.20. The lowest BCUT2D eigenvalue weighted by Crippen LogP contribution is -2.55. The number of nitrogens with one attached hydrogen (secondary N) is 1. The quantitative estimate of drug-likeness (QED) is 0.462. The van der Waals surface area contributed by atoms with E-state index in [4.69, 9.17) is 32.0 Å².